The number of piperidine rings is 1. The zero-order chi connectivity index (χ0) is 20.2. The number of hydrogen-bond donors (Lipinski definition) is 0. The molecule has 0 unspecified atom stereocenters. The summed E-state index contributed by atoms with van der Waals surface area (Å²) in [7, 11) is 0. The van der Waals surface area contributed by atoms with Gasteiger partial charge in [-0.05, 0) is 42.7 Å². The molecule has 2 aliphatic heterocycles. The highest BCUT2D eigenvalue weighted by Gasteiger charge is 2.37. The van der Waals surface area contributed by atoms with Crippen molar-refractivity contribution in [2.45, 2.75) is 18.9 Å². The molecule has 0 radical (unpaired) electrons. The molecule has 5 nitrogen and oxygen atoms in total. The van der Waals surface area contributed by atoms with Crippen molar-refractivity contribution < 1.29 is 18.7 Å². The minimum atomic E-state index is -0.300. The highest BCUT2D eigenvalue weighted by molar-refractivity contribution is 5.95. The van der Waals surface area contributed by atoms with Crippen molar-refractivity contribution in [3.8, 4) is 0 Å². The first kappa shape index (κ1) is 19.6. The zero-order valence-corrected chi connectivity index (χ0v) is 16.3. The molecule has 2 amide bonds. The van der Waals surface area contributed by atoms with Gasteiger partial charge in [0, 0.05) is 25.2 Å². The van der Waals surface area contributed by atoms with E-state index in [2.05, 4.69) is 0 Å². The SMILES string of the molecule is O=C([C@@H]1CC[C@H](c2ccc(F)cc2)N(C(=O)c2ccccc2)C1)N1CCOCC1. The van der Waals surface area contributed by atoms with Gasteiger partial charge in [-0.1, -0.05) is 30.3 Å². The summed E-state index contributed by atoms with van der Waals surface area (Å²) >= 11 is 0. The van der Waals surface area contributed by atoms with Crippen LogP contribution in [0.1, 0.15) is 34.8 Å². The molecule has 2 heterocycles. The predicted molar refractivity (Wildman–Crippen MR) is 107 cm³/mol. The monoisotopic (exact) mass is 396 g/mol. The van der Waals surface area contributed by atoms with Gasteiger partial charge in [0.15, 0.2) is 0 Å². The van der Waals surface area contributed by atoms with Crippen molar-refractivity contribution in [3.63, 3.8) is 0 Å². The summed E-state index contributed by atoms with van der Waals surface area (Å²) in [6.07, 6.45) is 1.38. The molecule has 0 saturated carbocycles. The average Bonchev–Trinajstić information content (AvgIpc) is 2.79. The Labute approximate surface area is 170 Å². The molecule has 2 fully saturated rings. The Hall–Kier alpha value is -2.73. The number of ether oxygens (including phenoxy) is 1. The summed E-state index contributed by atoms with van der Waals surface area (Å²) in [4.78, 5) is 30.0. The molecular weight excluding hydrogens is 371 g/mol. The van der Waals surface area contributed by atoms with Crippen LogP contribution in [0.2, 0.25) is 0 Å². The summed E-state index contributed by atoms with van der Waals surface area (Å²) in [6, 6.07) is 15.3. The van der Waals surface area contributed by atoms with Gasteiger partial charge in [-0.25, -0.2) is 4.39 Å². The van der Waals surface area contributed by atoms with E-state index in [0.717, 1.165) is 5.56 Å². The van der Waals surface area contributed by atoms with Crippen LogP contribution in [0.15, 0.2) is 54.6 Å². The Bertz CT molecular complexity index is 850. The van der Waals surface area contributed by atoms with Crippen molar-refractivity contribution in [1.82, 2.24) is 9.80 Å². The summed E-state index contributed by atoms with van der Waals surface area (Å²) in [6.45, 7) is 2.69. The van der Waals surface area contributed by atoms with Crippen LogP contribution in [-0.2, 0) is 9.53 Å². The normalized spacial score (nSPS) is 22.4. The molecule has 29 heavy (non-hydrogen) atoms. The van der Waals surface area contributed by atoms with Crippen LogP contribution < -0.4 is 0 Å². The van der Waals surface area contributed by atoms with E-state index in [4.69, 9.17) is 4.74 Å². The van der Waals surface area contributed by atoms with Gasteiger partial charge in [0.1, 0.15) is 5.82 Å². The van der Waals surface area contributed by atoms with Gasteiger partial charge in [-0.2, -0.15) is 0 Å². The van der Waals surface area contributed by atoms with Crippen LogP contribution in [0.4, 0.5) is 4.39 Å². The third-order valence-electron chi connectivity index (χ3n) is 5.79. The fraction of sp³-hybridized carbons (Fsp3) is 0.391. The fourth-order valence-electron chi connectivity index (χ4n) is 4.22. The quantitative estimate of drug-likeness (QED) is 0.800. The lowest BCUT2D eigenvalue weighted by molar-refractivity contribution is -0.141. The third kappa shape index (κ3) is 4.32. The van der Waals surface area contributed by atoms with Crippen molar-refractivity contribution in [3.05, 3.63) is 71.5 Å². The Morgan fingerprint density at radius 1 is 0.931 bits per heavy atom. The maximum absolute atomic E-state index is 13.4. The number of benzene rings is 2. The maximum Gasteiger partial charge on any atom is 0.254 e. The highest BCUT2D eigenvalue weighted by Crippen LogP contribution is 2.35. The van der Waals surface area contributed by atoms with E-state index < -0.39 is 0 Å². The average molecular weight is 396 g/mol. The molecule has 2 atom stereocenters. The Balaban J connectivity index is 1.58. The molecule has 0 N–H and O–H groups in total. The second kappa shape index (κ2) is 8.74. The van der Waals surface area contributed by atoms with Crippen molar-refractivity contribution >= 4 is 11.8 Å². The number of amides is 2. The number of morpholine rings is 1. The predicted octanol–water partition coefficient (Wildman–Crippen LogP) is 3.28. The van der Waals surface area contributed by atoms with Gasteiger partial charge in [0.25, 0.3) is 5.91 Å². The molecule has 2 aliphatic rings. The van der Waals surface area contributed by atoms with Gasteiger partial charge < -0.3 is 14.5 Å². The molecule has 0 spiro atoms. The van der Waals surface area contributed by atoms with Gasteiger partial charge in [-0.15, -0.1) is 0 Å². The van der Waals surface area contributed by atoms with Crippen LogP contribution in [0.3, 0.4) is 0 Å². The minimum Gasteiger partial charge on any atom is -0.378 e. The smallest absolute Gasteiger partial charge is 0.254 e. The van der Waals surface area contributed by atoms with Crippen molar-refractivity contribution in [2.75, 3.05) is 32.8 Å². The van der Waals surface area contributed by atoms with Crippen LogP contribution in [0, 0.1) is 11.7 Å². The van der Waals surface area contributed by atoms with E-state index in [1.54, 1.807) is 29.2 Å². The molecule has 0 aliphatic carbocycles. The lowest BCUT2D eigenvalue weighted by Crippen LogP contribution is -2.50. The zero-order valence-electron chi connectivity index (χ0n) is 16.3. The van der Waals surface area contributed by atoms with E-state index in [-0.39, 0.29) is 29.6 Å². The molecule has 0 aromatic heterocycles. The molecule has 2 saturated heterocycles. The van der Waals surface area contributed by atoms with E-state index >= 15 is 0 Å². The molecule has 6 heteroatoms. The summed E-state index contributed by atoms with van der Waals surface area (Å²) in [5.41, 5.74) is 1.49. The molecular formula is C23H25FN2O3. The number of hydrogen-bond acceptors (Lipinski definition) is 3. The third-order valence-corrected chi connectivity index (χ3v) is 5.79. The fourth-order valence-corrected chi connectivity index (χ4v) is 4.22. The van der Waals surface area contributed by atoms with Crippen LogP contribution >= 0.6 is 0 Å². The van der Waals surface area contributed by atoms with Gasteiger partial charge in [-0.3, -0.25) is 9.59 Å². The molecule has 2 aromatic rings. The van der Waals surface area contributed by atoms with Crippen LogP contribution in [-0.4, -0.2) is 54.5 Å². The summed E-state index contributed by atoms with van der Waals surface area (Å²) in [5.74, 6) is -0.528. The van der Waals surface area contributed by atoms with E-state index in [1.807, 2.05) is 23.1 Å². The van der Waals surface area contributed by atoms with E-state index in [0.29, 0.717) is 51.3 Å². The largest absolute Gasteiger partial charge is 0.378 e. The molecule has 4 rings (SSSR count). The Morgan fingerprint density at radius 2 is 1.62 bits per heavy atom. The number of nitrogens with zero attached hydrogens (tertiary/aromatic N) is 2. The number of likely N-dealkylation sites (tertiary alicyclic amines) is 1. The number of carbonyl (C=O) groups excluding carboxylic acids is 2. The number of carbonyl (C=O) groups is 2. The van der Waals surface area contributed by atoms with Crippen molar-refractivity contribution in [1.29, 1.82) is 0 Å². The summed E-state index contributed by atoms with van der Waals surface area (Å²) < 4.78 is 18.8. The first-order valence-corrected chi connectivity index (χ1v) is 10.1. The highest BCUT2D eigenvalue weighted by atomic mass is 19.1. The summed E-state index contributed by atoms with van der Waals surface area (Å²) in [5, 5.41) is 0. The van der Waals surface area contributed by atoms with Crippen molar-refractivity contribution in [2.24, 2.45) is 5.92 Å². The van der Waals surface area contributed by atoms with Gasteiger partial charge in [0.05, 0.1) is 25.2 Å². The maximum atomic E-state index is 13.4. The Morgan fingerprint density at radius 3 is 2.31 bits per heavy atom. The minimum absolute atomic E-state index is 0.0942. The second-order valence-electron chi connectivity index (χ2n) is 7.60. The Kier molecular flexibility index (Phi) is 5.90. The van der Waals surface area contributed by atoms with Gasteiger partial charge >= 0.3 is 0 Å². The molecule has 0 bridgehead atoms. The molecule has 2 aromatic carbocycles. The first-order chi connectivity index (χ1) is 14.1. The van der Waals surface area contributed by atoms with E-state index in [9.17, 15) is 14.0 Å². The standard InChI is InChI=1S/C23H25FN2O3/c24-20-9-6-17(7-10-20)21-11-8-19(22(27)25-12-14-29-15-13-25)16-26(21)23(28)18-4-2-1-3-5-18/h1-7,9-10,19,21H,8,11-16H2/t19-,21-/m1/s1. The first-order valence-electron chi connectivity index (χ1n) is 10.1. The van der Waals surface area contributed by atoms with Gasteiger partial charge in [0.2, 0.25) is 5.91 Å². The van der Waals surface area contributed by atoms with Crippen LogP contribution in [0.5, 0.6) is 0 Å². The number of halogens is 1. The lowest BCUT2D eigenvalue weighted by atomic mass is 9.87. The van der Waals surface area contributed by atoms with Crippen LogP contribution in [0.25, 0.3) is 0 Å². The molecule has 152 valence electrons. The number of rotatable bonds is 3. The topological polar surface area (TPSA) is 49.9 Å². The van der Waals surface area contributed by atoms with E-state index in [1.165, 1.54) is 12.1 Å². The second-order valence-corrected chi connectivity index (χ2v) is 7.60. The lowest BCUT2D eigenvalue weighted by Gasteiger charge is -2.41.